The standard InChI is InChI=1S/C10H10O6.Na/c11-9(12)5-15-7-1-2-8(4-3-7)16-6-10(13)14;/h1-4H,5-6H2,(H,11,12)(H,13,14);/q;+1. The van der Waals surface area contributed by atoms with Gasteiger partial charge in [-0.2, -0.15) is 0 Å². The molecule has 0 fully saturated rings. The molecule has 1 rings (SSSR count). The molecule has 0 saturated heterocycles. The molecule has 0 unspecified atom stereocenters. The summed E-state index contributed by atoms with van der Waals surface area (Å²) in [6, 6.07) is 6.00. The molecule has 0 aliphatic rings. The van der Waals surface area contributed by atoms with Crippen LogP contribution in [0.3, 0.4) is 0 Å². The largest absolute Gasteiger partial charge is 1.00 e. The van der Waals surface area contributed by atoms with Gasteiger partial charge in [0.15, 0.2) is 13.2 Å². The number of carboxylic acids is 2. The fourth-order valence-corrected chi connectivity index (χ4v) is 0.922. The summed E-state index contributed by atoms with van der Waals surface area (Å²) in [7, 11) is 0. The number of rotatable bonds is 6. The molecule has 6 nitrogen and oxygen atoms in total. The van der Waals surface area contributed by atoms with Gasteiger partial charge >= 0.3 is 41.5 Å². The Morgan fingerprint density at radius 2 is 1.18 bits per heavy atom. The molecule has 86 valence electrons. The minimum Gasteiger partial charge on any atom is -0.482 e. The molecular formula is C10H10NaO6+. The van der Waals surface area contributed by atoms with Crippen LogP contribution < -0.4 is 39.0 Å². The van der Waals surface area contributed by atoms with E-state index in [1.54, 1.807) is 0 Å². The van der Waals surface area contributed by atoms with Gasteiger partial charge in [0, 0.05) is 0 Å². The normalized spacial score (nSPS) is 8.94. The van der Waals surface area contributed by atoms with Crippen molar-refractivity contribution in [3.05, 3.63) is 24.3 Å². The molecule has 1 aromatic rings. The Labute approximate surface area is 119 Å². The van der Waals surface area contributed by atoms with Crippen LogP contribution in [-0.2, 0) is 9.59 Å². The van der Waals surface area contributed by atoms with Gasteiger partial charge in [0.25, 0.3) is 0 Å². The second-order valence-corrected chi connectivity index (χ2v) is 2.84. The summed E-state index contributed by atoms with van der Waals surface area (Å²) >= 11 is 0. The van der Waals surface area contributed by atoms with Crippen molar-refractivity contribution in [3.63, 3.8) is 0 Å². The monoisotopic (exact) mass is 249 g/mol. The number of carbonyl (C=O) groups is 2. The molecule has 1 aromatic carbocycles. The minimum atomic E-state index is -1.06. The van der Waals surface area contributed by atoms with Gasteiger partial charge < -0.3 is 19.7 Å². The van der Waals surface area contributed by atoms with Gasteiger partial charge in [0.05, 0.1) is 0 Å². The van der Waals surface area contributed by atoms with E-state index >= 15 is 0 Å². The minimum absolute atomic E-state index is 0. The van der Waals surface area contributed by atoms with Crippen molar-refractivity contribution in [2.24, 2.45) is 0 Å². The first kappa shape index (κ1) is 15.8. The number of aliphatic carboxylic acids is 2. The summed E-state index contributed by atoms with van der Waals surface area (Å²) < 4.78 is 9.75. The average Bonchev–Trinajstić information content (AvgIpc) is 2.25. The maximum absolute atomic E-state index is 10.2. The SMILES string of the molecule is O=C(O)COc1ccc(OCC(=O)O)cc1.[Na+]. The summed E-state index contributed by atoms with van der Waals surface area (Å²) in [6.07, 6.45) is 0. The van der Waals surface area contributed by atoms with E-state index in [-0.39, 0.29) is 29.6 Å². The van der Waals surface area contributed by atoms with Crippen LogP contribution in [0.2, 0.25) is 0 Å². The van der Waals surface area contributed by atoms with Gasteiger partial charge in [0.1, 0.15) is 11.5 Å². The molecule has 0 aliphatic carbocycles. The van der Waals surface area contributed by atoms with Gasteiger partial charge in [-0.25, -0.2) is 9.59 Å². The third kappa shape index (κ3) is 6.83. The predicted molar refractivity (Wildman–Crippen MR) is 52.7 cm³/mol. The fraction of sp³-hybridized carbons (Fsp3) is 0.200. The van der Waals surface area contributed by atoms with E-state index in [0.717, 1.165) is 0 Å². The molecule has 0 bridgehead atoms. The zero-order valence-electron chi connectivity index (χ0n) is 9.25. The molecule has 0 saturated carbocycles. The van der Waals surface area contributed by atoms with Gasteiger partial charge in [-0.05, 0) is 24.3 Å². The van der Waals surface area contributed by atoms with Crippen LogP contribution in [0.15, 0.2) is 24.3 Å². The smallest absolute Gasteiger partial charge is 0.482 e. The Hall–Kier alpha value is -1.24. The summed E-state index contributed by atoms with van der Waals surface area (Å²) in [5, 5.41) is 16.7. The number of benzene rings is 1. The molecule has 0 amide bonds. The number of hydrogen-bond acceptors (Lipinski definition) is 4. The molecule has 0 spiro atoms. The Bertz CT molecular complexity index is 338. The maximum Gasteiger partial charge on any atom is 1.00 e. The van der Waals surface area contributed by atoms with Gasteiger partial charge in [-0.15, -0.1) is 0 Å². The second-order valence-electron chi connectivity index (χ2n) is 2.84. The molecule has 0 aliphatic heterocycles. The van der Waals surface area contributed by atoms with Crippen LogP contribution >= 0.6 is 0 Å². The van der Waals surface area contributed by atoms with Crippen molar-refractivity contribution in [2.75, 3.05) is 13.2 Å². The zero-order valence-corrected chi connectivity index (χ0v) is 11.3. The average molecular weight is 249 g/mol. The van der Waals surface area contributed by atoms with Crippen molar-refractivity contribution < 1.29 is 58.8 Å². The van der Waals surface area contributed by atoms with E-state index < -0.39 is 25.2 Å². The first-order valence-electron chi connectivity index (χ1n) is 4.37. The van der Waals surface area contributed by atoms with Gasteiger partial charge in [0.2, 0.25) is 0 Å². The molecule has 0 radical (unpaired) electrons. The van der Waals surface area contributed by atoms with Crippen LogP contribution in [0.1, 0.15) is 0 Å². The van der Waals surface area contributed by atoms with Gasteiger partial charge in [-0.1, -0.05) is 0 Å². The maximum atomic E-state index is 10.2. The van der Waals surface area contributed by atoms with E-state index in [2.05, 4.69) is 0 Å². The fourth-order valence-electron chi connectivity index (χ4n) is 0.922. The second kappa shape index (κ2) is 7.94. The number of ether oxygens (including phenoxy) is 2. The zero-order chi connectivity index (χ0) is 12.0. The van der Waals surface area contributed by atoms with Crippen molar-refractivity contribution >= 4 is 11.9 Å². The predicted octanol–water partition coefficient (Wildman–Crippen LogP) is -2.38. The Morgan fingerprint density at radius 3 is 1.41 bits per heavy atom. The van der Waals surface area contributed by atoms with Crippen LogP contribution in [0.5, 0.6) is 11.5 Å². The molecule has 7 heteroatoms. The van der Waals surface area contributed by atoms with Crippen LogP contribution in [0, 0.1) is 0 Å². The summed E-state index contributed by atoms with van der Waals surface area (Å²) in [5.74, 6) is -1.37. The molecular weight excluding hydrogens is 239 g/mol. The van der Waals surface area contributed by atoms with Crippen LogP contribution in [0.25, 0.3) is 0 Å². The third-order valence-electron chi connectivity index (χ3n) is 1.55. The third-order valence-corrected chi connectivity index (χ3v) is 1.55. The van der Waals surface area contributed by atoms with Crippen molar-refractivity contribution in [3.8, 4) is 11.5 Å². The number of hydrogen-bond donors (Lipinski definition) is 2. The van der Waals surface area contributed by atoms with E-state index in [4.69, 9.17) is 19.7 Å². The summed E-state index contributed by atoms with van der Waals surface area (Å²) in [4.78, 5) is 20.4. The van der Waals surface area contributed by atoms with Gasteiger partial charge in [-0.3, -0.25) is 0 Å². The Morgan fingerprint density at radius 1 is 0.882 bits per heavy atom. The summed E-state index contributed by atoms with van der Waals surface area (Å²) in [6.45, 7) is -0.843. The molecule has 0 aromatic heterocycles. The quantitative estimate of drug-likeness (QED) is 0.547. The molecule has 0 heterocycles. The molecule has 2 N–H and O–H groups in total. The Balaban J connectivity index is 0.00000256. The van der Waals surface area contributed by atoms with Crippen molar-refractivity contribution in [1.29, 1.82) is 0 Å². The van der Waals surface area contributed by atoms with Crippen molar-refractivity contribution in [2.45, 2.75) is 0 Å². The molecule has 0 atom stereocenters. The van der Waals surface area contributed by atoms with E-state index in [1.807, 2.05) is 0 Å². The Kier molecular flexibility index (Phi) is 7.36. The summed E-state index contributed by atoms with van der Waals surface area (Å²) in [5.41, 5.74) is 0. The number of carboxylic acid groups (broad SMARTS) is 2. The van der Waals surface area contributed by atoms with E-state index in [1.165, 1.54) is 24.3 Å². The molecule has 17 heavy (non-hydrogen) atoms. The topological polar surface area (TPSA) is 93.1 Å². The van der Waals surface area contributed by atoms with Crippen LogP contribution in [0.4, 0.5) is 0 Å². The van der Waals surface area contributed by atoms with Crippen LogP contribution in [-0.4, -0.2) is 35.4 Å². The first-order chi connectivity index (χ1) is 7.58. The van der Waals surface area contributed by atoms with E-state index in [9.17, 15) is 9.59 Å². The van der Waals surface area contributed by atoms with E-state index in [0.29, 0.717) is 11.5 Å². The van der Waals surface area contributed by atoms with Crippen molar-refractivity contribution in [1.82, 2.24) is 0 Å². The first-order valence-corrected chi connectivity index (χ1v) is 4.37.